The topological polar surface area (TPSA) is 24.7 Å². The molecule has 0 heterocycles. The van der Waals surface area contributed by atoms with E-state index in [4.69, 9.17) is 0 Å². The fraction of sp³-hybridized carbons (Fsp3) is 0.111. The molecule has 0 aromatic heterocycles. The Bertz CT molecular complexity index is 222. The van der Waals surface area contributed by atoms with Gasteiger partial charge in [0.2, 0.25) is 0 Å². The SMILES string of the molecule is C=C/C=C(\C=C)C(N=C)=NC. The minimum Gasteiger partial charge on any atom is -0.270 e. The number of aliphatic imine (C=N–C) groups is 2. The Morgan fingerprint density at radius 1 is 1.36 bits per heavy atom. The molecule has 2 nitrogen and oxygen atoms in total. The van der Waals surface area contributed by atoms with Gasteiger partial charge in [-0.2, -0.15) is 0 Å². The lowest BCUT2D eigenvalue weighted by atomic mass is 10.2. The maximum atomic E-state index is 3.90. The third-order valence-electron chi connectivity index (χ3n) is 1.14. The number of allylic oxidation sites excluding steroid dienone is 2. The molecule has 2 heteroatoms. The predicted octanol–water partition coefficient (Wildman–Crippen LogP) is 2.01. The Balaban J connectivity index is 4.75. The van der Waals surface area contributed by atoms with Crippen LogP contribution in [0.4, 0.5) is 0 Å². The van der Waals surface area contributed by atoms with Gasteiger partial charge in [-0.15, -0.1) is 0 Å². The van der Waals surface area contributed by atoms with Crippen molar-refractivity contribution in [3.63, 3.8) is 0 Å². The van der Waals surface area contributed by atoms with Crippen LogP contribution in [0.5, 0.6) is 0 Å². The average molecular weight is 148 g/mol. The molecule has 0 atom stereocenters. The van der Waals surface area contributed by atoms with Crippen molar-refractivity contribution >= 4 is 12.6 Å². The Morgan fingerprint density at radius 3 is 2.27 bits per heavy atom. The van der Waals surface area contributed by atoms with Gasteiger partial charge in [0.1, 0.15) is 0 Å². The van der Waals surface area contributed by atoms with Crippen molar-refractivity contribution < 1.29 is 0 Å². The smallest absolute Gasteiger partial charge is 0.153 e. The third kappa shape index (κ3) is 2.76. The highest BCUT2D eigenvalue weighted by Crippen LogP contribution is 2.00. The molecule has 0 aromatic rings. The zero-order valence-electron chi connectivity index (χ0n) is 6.75. The van der Waals surface area contributed by atoms with E-state index < -0.39 is 0 Å². The van der Waals surface area contributed by atoms with Gasteiger partial charge in [0, 0.05) is 12.6 Å². The van der Waals surface area contributed by atoms with Crippen molar-refractivity contribution in [2.75, 3.05) is 7.05 Å². The third-order valence-corrected chi connectivity index (χ3v) is 1.14. The molecule has 0 rings (SSSR count). The Morgan fingerprint density at radius 2 is 2.00 bits per heavy atom. The van der Waals surface area contributed by atoms with E-state index in [2.05, 4.69) is 29.9 Å². The van der Waals surface area contributed by atoms with Crippen LogP contribution in [-0.4, -0.2) is 19.6 Å². The molecule has 58 valence electrons. The molecular weight excluding hydrogens is 136 g/mol. The number of amidine groups is 1. The predicted molar refractivity (Wildman–Crippen MR) is 51.4 cm³/mol. The summed E-state index contributed by atoms with van der Waals surface area (Å²) in [5.74, 6) is 0.583. The van der Waals surface area contributed by atoms with Gasteiger partial charge in [0.15, 0.2) is 5.84 Å². The highest BCUT2D eigenvalue weighted by molar-refractivity contribution is 6.03. The maximum Gasteiger partial charge on any atom is 0.153 e. The fourth-order valence-corrected chi connectivity index (χ4v) is 0.652. The molecule has 0 fully saturated rings. The molecule has 11 heavy (non-hydrogen) atoms. The molecule has 0 radical (unpaired) electrons. The van der Waals surface area contributed by atoms with Gasteiger partial charge in [-0.05, 0) is 6.72 Å². The van der Waals surface area contributed by atoms with Crippen molar-refractivity contribution in [1.82, 2.24) is 0 Å². The van der Waals surface area contributed by atoms with Crippen molar-refractivity contribution in [2.45, 2.75) is 0 Å². The summed E-state index contributed by atoms with van der Waals surface area (Å²) in [5.41, 5.74) is 0.831. The van der Waals surface area contributed by atoms with E-state index in [1.54, 1.807) is 25.3 Å². The van der Waals surface area contributed by atoms with Crippen LogP contribution in [0.1, 0.15) is 0 Å². The number of hydrogen-bond donors (Lipinski definition) is 0. The molecule has 0 amide bonds. The molecule has 0 N–H and O–H groups in total. The van der Waals surface area contributed by atoms with Crippen LogP contribution in [0, 0.1) is 0 Å². The second-order valence-electron chi connectivity index (χ2n) is 1.77. The van der Waals surface area contributed by atoms with Gasteiger partial charge in [-0.3, -0.25) is 4.99 Å². The summed E-state index contributed by atoms with van der Waals surface area (Å²) in [6.45, 7) is 10.5. The Hall–Kier alpha value is -1.44. The summed E-state index contributed by atoms with van der Waals surface area (Å²) < 4.78 is 0. The monoisotopic (exact) mass is 148 g/mol. The van der Waals surface area contributed by atoms with E-state index in [1.165, 1.54) is 0 Å². The largest absolute Gasteiger partial charge is 0.270 e. The lowest BCUT2D eigenvalue weighted by Crippen LogP contribution is -1.95. The minimum atomic E-state index is 0.583. The van der Waals surface area contributed by atoms with Crippen LogP contribution in [0.2, 0.25) is 0 Å². The highest BCUT2D eigenvalue weighted by atomic mass is 14.9. The molecular formula is C9H12N2. The van der Waals surface area contributed by atoms with Gasteiger partial charge in [-0.1, -0.05) is 31.4 Å². The van der Waals surface area contributed by atoms with Crippen LogP contribution in [0.3, 0.4) is 0 Å². The molecule has 0 bridgehead atoms. The molecule has 0 saturated carbocycles. The summed E-state index contributed by atoms with van der Waals surface area (Å²) in [7, 11) is 1.66. The second-order valence-corrected chi connectivity index (χ2v) is 1.77. The van der Waals surface area contributed by atoms with E-state index in [1.807, 2.05) is 0 Å². The number of rotatable bonds is 3. The summed E-state index contributed by atoms with van der Waals surface area (Å²) in [4.78, 5) is 7.61. The molecule has 0 aliphatic rings. The van der Waals surface area contributed by atoms with Crippen molar-refractivity contribution in [1.29, 1.82) is 0 Å². The molecule has 0 spiro atoms. The standard InChI is InChI=1S/C9H12N2/c1-5-7-8(6-2)9(10-3)11-4/h5-7H,1-3H2,4H3/b8-7+,11-9?. The molecule has 0 aromatic carbocycles. The van der Waals surface area contributed by atoms with Crippen LogP contribution in [0.25, 0.3) is 0 Å². The van der Waals surface area contributed by atoms with E-state index in [9.17, 15) is 0 Å². The molecule has 0 aliphatic heterocycles. The zero-order chi connectivity index (χ0) is 8.69. The van der Waals surface area contributed by atoms with Gasteiger partial charge in [0.05, 0.1) is 0 Å². The first kappa shape index (κ1) is 9.56. The molecule has 0 aliphatic carbocycles. The first-order valence-electron chi connectivity index (χ1n) is 3.19. The van der Waals surface area contributed by atoms with Gasteiger partial charge in [-0.25, -0.2) is 4.99 Å². The first-order valence-corrected chi connectivity index (χ1v) is 3.19. The van der Waals surface area contributed by atoms with Gasteiger partial charge in [0.25, 0.3) is 0 Å². The van der Waals surface area contributed by atoms with E-state index in [-0.39, 0.29) is 0 Å². The van der Waals surface area contributed by atoms with Gasteiger partial charge >= 0.3 is 0 Å². The molecule has 0 unspecified atom stereocenters. The van der Waals surface area contributed by atoms with Crippen LogP contribution in [0.15, 0.2) is 46.9 Å². The quantitative estimate of drug-likeness (QED) is 0.332. The Kier molecular flexibility index (Phi) is 4.65. The normalized spacial score (nSPS) is 12.5. The van der Waals surface area contributed by atoms with Crippen LogP contribution in [-0.2, 0) is 0 Å². The molecule has 0 saturated heterocycles. The first-order chi connectivity index (χ1) is 5.29. The average Bonchev–Trinajstić information content (AvgIpc) is 2.05. The van der Waals surface area contributed by atoms with Crippen molar-refractivity contribution in [3.05, 3.63) is 37.0 Å². The summed E-state index contributed by atoms with van der Waals surface area (Å²) in [5, 5.41) is 0. The maximum absolute atomic E-state index is 3.90. The highest BCUT2D eigenvalue weighted by Gasteiger charge is 1.95. The Labute approximate surface area is 67.4 Å². The van der Waals surface area contributed by atoms with Crippen molar-refractivity contribution in [2.24, 2.45) is 9.98 Å². The number of hydrogen-bond acceptors (Lipinski definition) is 1. The van der Waals surface area contributed by atoms with E-state index >= 15 is 0 Å². The van der Waals surface area contributed by atoms with E-state index in [0.717, 1.165) is 5.57 Å². The fourth-order valence-electron chi connectivity index (χ4n) is 0.652. The summed E-state index contributed by atoms with van der Waals surface area (Å²) >= 11 is 0. The lowest BCUT2D eigenvalue weighted by molar-refractivity contribution is 1.40. The van der Waals surface area contributed by atoms with Crippen molar-refractivity contribution in [3.8, 4) is 0 Å². The number of nitrogens with zero attached hydrogens (tertiary/aromatic N) is 2. The summed E-state index contributed by atoms with van der Waals surface area (Å²) in [6.07, 6.45) is 5.11. The lowest BCUT2D eigenvalue weighted by Gasteiger charge is -1.96. The van der Waals surface area contributed by atoms with Crippen LogP contribution >= 0.6 is 0 Å². The summed E-state index contributed by atoms with van der Waals surface area (Å²) in [6, 6.07) is 0. The zero-order valence-corrected chi connectivity index (χ0v) is 6.75. The van der Waals surface area contributed by atoms with Gasteiger partial charge < -0.3 is 0 Å². The second kappa shape index (κ2) is 5.35. The van der Waals surface area contributed by atoms with Crippen LogP contribution < -0.4 is 0 Å². The van der Waals surface area contributed by atoms with E-state index in [0.29, 0.717) is 5.84 Å². The minimum absolute atomic E-state index is 0.583.